The van der Waals surface area contributed by atoms with Crippen LogP contribution in [0.15, 0.2) is 4.52 Å². The van der Waals surface area contributed by atoms with Crippen molar-refractivity contribution in [2.75, 3.05) is 13.1 Å². The topological polar surface area (TPSA) is 71.2 Å². The Morgan fingerprint density at radius 3 is 2.61 bits per heavy atom. The average molecular weight is 251 g/mol. The van der Waals surface area contributed by atoms with Crippen LogP contribution in [0.1, 0.15) is 62.6 Å². The zero-order chi connectivity index (χ0) is 12.4. The van der Waals surface area contributed by atoms with E-state index in [-0.39, 0.29) is 0 Å². The van der Waals surface area contributed by atoms with E-state index in [1.54, 1.807) is 0 Å². The number of aliphatic hydroxyl groups is 1. The fourth-order valence-electron chi connectivity index (χ4n) is 3.00. The second-order valence-electron chi connectivity index (χ2n) is 5.57. The van der Waals surface area contributed by atoms with Crippen LogP contribution in [-0.2, 0) is 5.60 Å². The molecule has 1 aliphatic heterocycles. The molecule has 2 N–H and O–H groups in total. The maximum Gasteiger partial charge on any atom is 0.258 e. The van der Waals surface area contributed by atoms with Gasteiger partial charge in [0.1, 0.15) is 5.60 Å². The van der Waals surface area contributed by atoms with E-state index in [2.05, 4.69) is 15.5 Å². The molecule has 0 bridgehead atoms. The van der Waals surface area contributed by atoms with E-state index in [1.165, 1.54) is 19.3 Å². The van der Waals surface area contributed by atoms with Crippen LogP contribution < -0.4 is 5.32 Å². The molecule has 5 nitrogen and oxygen atoms in total. The molecule has 5 heteroatoms. The van der Waals surface area contributed by atoms with Gasteiger partial charge in [0.25, 0.3) is 5.89 Å². The third-order valence-corrected chi connectivity index (χ3v) is 4.24. The van der Waals surface area contributed by atoms with Crippen molar-refractivity contribution in [1.82, 2.24) is 15.5 Å². The van der Waals surface area contributed by atoms with Gasteiger partial charge in [-0.2, -0.15) is 4.98 Å². The third kappa shape index (κ3) is 2.29. The lowest BCUT2D eigenvalue weighted by Gasteiger charge is -2.28. The Morgan fingerprint density at radius 2 is 1.89 bits per heavy atom. The lowest BCUT2D eigenvalue weighted by molar-refractivity contribution is -0.0228. The van der Waals surface area contributed by atoms with Crippen molar-refractivity contribution in [2.24, 2.45) is 0 Å². The molecule has 0 amide bonds. The highest BCUT2D eigenvalue weighted by Crippen LogP contribution is 2.34. The predicted octanol–water partition coefficient (Wildman–Crippen LogP) is 1.69. The quantitative estimate of drug-likeness (QED) is 0.837. The summed E-state index contributed by atoms with van der Waals surface area (Å²) in [6.07, 6.45) is 7.43. The predicted molar refractivity (Wildman–Crippen MR) is 66.1 cm³/mol. The highest BCUT2D eigenvalue weighted by atomic mass is 16.5. The van der Waals surface area contributed by atoms with E-state index in [0.29, 0.717) is 24.7 Å². The van der Waals surface area contributed by atoms with Crippen LogP contribution in [0.25, 0.3) is 0 Å². The second kappa shape index (κ2) is 4.97. The Labute approximate surface area is 107 Å². The molecule has 18 heavy (non-hydrogen) atoms. The van der Waals surface area contributed by atoms with Gasteiger partial charge in [0.15, 0.2) is 5.82 Å². The molecule has 100 valence electrons. The number of nitrogens with one attached hydrogen (secondary N) is 1. The van der Waals surface area contributed by atoms with Gasteiger partial charge in [-0.05, 0) is 38.8 Å². The van der Waals surface area contributed by atoms with Crippen LogP contribution in [0.3, 0.4) is 0 Å². The first-order valence-electron chi connectivity index (χ1n) is 7.05. The van der Waals surface area contributed by atoms with Gasteiger partial charge >= 0.3 is 0 Å². The number of aromatic nitrogens is 2. The van der Waals surface area contributed by atoms with Gasteiger partial charge in [0.2, 0.25) is 0 Å². The molecule has 2 aliphatic rings. The van der Waals surface area contributed by atoms with E-state index in [4.69, 9.17) is 4.52 Å². The van der Waals surface area contributed by atoms with Crippen molar-refractivity contribution in [3.8, 4) is 0 Å². The Kier molecular flexibility index (Phi) is 3.35. The number of hydrogen-bond donors (Lipinski definition) is 2. The van der Waals surface area contributed by atoms with Crippen LogP contribution >= 0.6 is 0 Å². The smallest absolute Gasteiger partial charge is 0.258 e. The van der Waals surface area contributed by atoms with E-state index in [9.17, 15) is 5.11 Å². The van der Waals surface area contributed by atoms with Gasteiger partial charge in [-0.1, -0.05) is 24.4 Å². The van der Waals surface area contributed by atoms with Crippen LogP contribution in [0.2, 0.25) is 0 Å². The maximum atomic E-state index is 10.5. The minimum absolute atomic E-state index is 0.421. The molecule has 1 saturated carbocycles. The normalized spacial score (nSPS) is 25.2. The molecule has 0 unspecified atom stereocenters. The third-order valence-electron chi connectivity index (χ3n) is 4.24. The van der Waals surface area contributed by atoms with Crippen molar-refractivity contribution in [3.05, 3.63) is 11.7 Å². The minimum Gasteiger partial charge on any atom is -0.380 e. The molecule has 1 saturated heterocycles. The summed E-state index contributed by atoms with van der Waals surface area (Å²) in [6.45, 7) is 1.61. The molecular weight excluding hydrogens is 230 g/mol. The SMILES string of the molecule is OC1(c2nc(C3CCCCC3)no2)CCNCC1. The highest BCUT2D eigenvalue weighted by Gasteiger charge is 2.37. The summed E-state index contributed by atoms with van der Waals surface area (Å²) in [5.41, 5.74) is -0.912. The number of rotatable bonds is 2. The molecule has 0 atom stereocenters. The fraction of sp³-hybridized carbons (Fsp3) is 0.846. The molecule has 2 fully saturated rings. The summed E-state index contributed by atoms with van der Waals surface area (Å²) in [6, 6.07) is 0. The summed E-state index contributed by atoms with van der Waals surface area (Å²) < 4.78 is 5.32. The molecule has 3 rings (SSSR count). The van der Waals surface area contributed by atoms with Crippen molar-refractivity contribution >= 4 is 0 Å². The van der Waals surface area contributed by atoms with Gasteiger partial charge in [-0.3, -0.25) is 0 Å². The van der Waals surface area contributed by atoms with Crippen molar-refractivity contribution in [3.63, 3.8) is 0 Å². The van der Waals surface area contributed by atoms with E-state index < -0.39 is 5.60 Å². The van der Waals surface area contributed by atoms with Crippen LogP contribution in [0, 0.1) is 0 Å². The second-order valence-corrected chi connectivity index (χ2v) is 5.57. The van der Waals surface area contributed by atoms with Crippen molar-refractivity contribution < 1.29 is 9.63 Å². The molecule has 0 aromatic carbocycles. The highest BCUT2D eigenvalue weighted by molar-refractivity contribution is 5.04. The fourth-order valence-corrected chi connectivity index (χ4v) is 3.00. The van der Waals surface area contributed by atoms with Gasteiger partial charge in [0, 0.05) is 5.92 Å². The van der Waals surface area contributed by atoms with Gasteiger partial charge in [0.05, 0.1) is 0 Å². The minimum atomic E-state index is -0.912. The molecule has 2 heterocycles. The van der Waals surface area contributed by atoms with Crippen molar-refractivity contribution in [1.29, 1.82) is 0 Å². The number of hydrogen-bond acceptors (Lipinski definition) is 5. The van der Waals surface area contributed by atoms with Gasteiger partial charge in [-0.15, -0.1) is 0 Å². The summed E-state index contributed by atoms with van der Waals surface area (Å²) in [4.78, 5) is 4.47. The standard InChI is InChI=1S/C13H21N3O2/c17-13(6-8-14-9-7-13)12-15-11(16-18-12)10-4-2-1-3-5-10/h10,14,17H,1-9H2. The Morgan fingerprint density at radius 1 is 1.17 bits per heavy atom. The molecule has 1 aromatic rings. The maximum absolute atomic E-state index is 10.5. The van der Waals surface area contributed by atoms with Crippen LogP contribution in [0.5, 0.6) is 0 Å². The zero-order valence-electron chi connectivity index (χ0n) is 10.7. The first-order chi connectivity index (χ1) is 8.78. The molecular formula is C13H21N3O2. The monoisotopic (exact) mass is 251 g/mol. The molecule has 0 radical (unpaired) electrons. The largest absolute Gasteiger partial charge is 0.380 e. The zero-order valence-corrected chi connectivity index (χ0v) is 10.7. The summed E-state index contributed by atoms with van der Waals surface area (Å²) in [7, 11) is 0. The Balaban J connectivity index is 1.75. The molecule has 0 spiro atoms. The lowest BCUT2D eigenvalue weighted by Crippen LogP contribution is -2.40. The summed E-state index contributed by atoms with van der Waals surface area (Å²) in [5.74, 6) is 1.66. The van der Waals surface area contributed by atoms with E-state index in [0.717, 1.165) is 31.8 Å². The molecule has 1 aliphatic carbocycles. The first-order valence-corrected chi connectivity index (χ1v) is 7.05. The average Bonchev–Trinajstić information content (AvgIpc) is 2.91. The van der Waals surface area contributed by atoms with E-state index >= 15 is 0 Å². The van der Waals surface area contributed by atoms with Gasteiger partial charge in [-0.25, -0.2) is 0 Å². The Bertz CT molecular complexity index is 393. The van der Waals surface area contributed by atoms with E-state index in [1.807, 2.05) is 0 Å². The van der Waals surface area contributed by atoms with Gasteiger partial charge < -0.3 is 14.9 Å². The van der Waals surface area contributed by atoms with Crippen LogP contribution in [-0.4, -0.2) is 28.3 Å². The summed E-state index contributed by atoms with van der Waals surface area (Å²) >= 11 is 0. The van der Waals surface area contributed by atoms with Crippen LogP contribution in [0.4, 0.5) is 0 Å². The lowest BCUT2D eigenvalue weighted by atomic mass is 9.88. The number of piperidine rings is 1. The molecule has 1 aromatic heterocycles. The Hall–Kier alpha value is -0.940. The number of nitrogens with zero attached hydrogens (tertiary/aromatic N) is 2. The first kappa shape index (κ1) is 12.1. The van der Waals surface area contributed by atoms with Crippen molar-refractivity contribution in [2.45, 2.75) is 56.5 Å². The summed E-state index contributed by atoms with van der Waals surface area (Å²) in [5, 5.41) is 17.8.